The molecule has 3 heteroatoms. The van der Waals surface area contributed by atoms with Gasteiger partial charge in [-0.1, -0.05) is 37.3 Å². The summed E-state index contributed by atoms with van der Waals surface area (Å²) in [4.78, 5) is 14.1. The van der Waals surface area contributed by atoms with Crippen molar-refractivity contribution in [1.82, 2.24) is 10.2 Å². The number of carbonyl (C=O) groups is 1. The predicted molar refractivity (Wildman–Crippen MR) is 73.3 cm³/mol. The lowest BCUT2D eigenvalue weighted by atomic mass is 9.88. The molecule has 1 aromatic carbocycles. The van der Waals surface area contributed by atoms with Crippen molar-refractivity contribution in [3.05, 3.63) is 35.9 Å². The molecule has 98 valence electrons. The van der Waals surface area contributed by atoms with Crippen molar-refractivity contribution in [3.63, 3.8) is 0 Å². The predicted octanol–water partition coefficient (Wildman–Crippen LogP) is 1.54. The minimum Gasteiger partial charge on any atom is -0.345 e. The fraction of sp³-hybridized carbons (Fsp3) is 0.533. The van der Waals surface area contributed by atoms with Crippen molar-refractivity contribution < 1.29 is 4.79 Å². The van der Waals surface area contributed by atoms with Gasteiger partial charge in [-0.25, -0.2) is 0 Å². The number of likely N-dealkylation sites (N-methyl/N-ethyl adjacent to an activating group) is 1. The van der Waals surface area contributed by atoms with E-state index in [0.29, 0.717) is 5.92 Å². The molecule has 1 saturated heterocycles. The Morgan fingerprint density at radius 2 is 2.06 bits per heavy atom. The summed E-state index contributed by atoms with van der Waals surface area (Å²) in [5.41, 5.74) is 1.29. The van der Waals surface area contributed by atoms with Gasteiger partial charge in [-0.15, -0.1) is 0 Å². The summed E-state index contributed by atoms with van der Waals surface area (Å²) < 4.78 is 0. The molecule has 1 aromatic rings. The summed E-state index contributed by atoms with van der Waals surface area (Å²) in [6.45, 7) is 4.82. The molecule has 3 nitrogen and oxygen atoms in total. The van der Waals surface area contributed by atoms with Crippen molar-refractivity contribution in [2.75, 3.05) is 26.7 Å². The SMILES string of the molecule is CC(C(=O)N(C)CCc1ccccc1)C1CNC1. The van der Waals surface area contributed by atoms with Crippen molar-refractivity contribution in [1.29, 1.82) is 0 Å². The Morgan fingerprint density at radius 1 is 1.39 bits per heavy atom. The van der Waals surface area contributed by atoms with Crippen LogP contribution in [-0.2, 0) is 11.2 Å². The molecule has 2 rings (SSSR count). The van der Waals surface area contributed by atoms with Gasteiger partial charge >= 0.3 is 0 Å². The summed E-state index contributed by atoms with van der Waals surface area (Å²) in [5, 5.41) is 3.22. The van der Waals surface area contributed by atoms with E-state index in [4.69, 9.17) is 0 Å². The Hall–Kier alpha value is -1.35. The van der Waals surface area contributed by atoms with Gasteiger partial charge in [-0.3, -0.25) is 4.79 Å². The molecule has 1 aliphatic heterocycles. The zero-order chi connectivity index (χ0) is 13.0. The summed E-state index contributed by atoms with van der Waals surface area (Å²) in [7, 11) is 1.91. The molecule has 1 aliphatic rings. The van der Waals surface area contributed by atoms with Crippen LogP contribution in [0.5, 0.6) is 0 Å². The fourth-order valence-corrected chi connectivity index (χ4v) is 2.27. The maximum atomic E-state index is 12.2. The lowest BCUT2D eigenvalue weighted by molar-refractivity contribution is -0.136. The van der Waals surface area contributed by atoms with Crippen LogP contribution in [0.4, 0.5) is 0 Å². The maximum Gasteiger partial charge on any atom is 0.225 e. The van der Waals surface area contributed by atoms with Gasteiger partial charge < -0.3 is 10.2 Å². The maximum absolute atomic E-state index is 12.2. The Balaban J connectivity index is 1.80. The molecule has 0 aliphatic carbocycles. The molecule has 18 heavy (non-hydrogen) atoms. The molecule has 1 atom stereocenters. The lowest BCUT2D eigenvalue weighted by Crippen LogP contribution is -2.50. The van der Waals surface area contributed by atoms with Gasteiger partial charge in [0, 0.05) is 19.5 Å². The Kier molecular flexibility index (Phi) is 4.37. The second-order valence-corrected chi connectivity index (χ2v) is 5.20. The number of carbonyl (C=O) groups excluding carboxylic acids is 1. The smallest absolute Gasteiger partial charge is 0.225 e. The molecular weight excluding hydrogens is 224 g/mol. The zero-order valence-corrected chi connectivity index (χ0v) is 11.2. The van der Waals surface area contributed by atoms with Crippen molar-refractivity contribution >= 4 is 5.91 Å². The van der Waals surface area contributed by atoms with Gasteiger partial charge in [0.05, 0.1) is 0 Å². The van der Waals surface area contributed by atoms with Crippen molar-refractivity contribution in [2.45, 2.75) is 13.3 Å². The minimum absolute atomic E-state index is 0.145. The van der Waals surface area contributed by atoms with E-state index in [1.807, 2.05) is 37.1 Å². The van der Waals surface area contributed by atoms with Crippen LogP contribution < -0.4 is 5.32 Å². The molecule has 1 N–H and O–H groups in total. The first-order valence-corrected chi connectivity index (χ1v) is 6.68. The molecule has 0 radical (unpaired) electrons. The van der Waals surface area contributed by atoms with E-state index in [9.17, 15) is 4.79 Å². The Morgan fingerprint density at radius 3 is 2.61 bits per heavy atom. The van der Waals surface area contributed by atoms with E-state index < -0.39 is 0 Å². The quantitative estimate of drug-likeness (QED) is 0.855. The Labute approximate surface area is 109 Å². The number of rotatable bonds is 5. The normalized spacial score (nSPS) is 17.0. The Bertz CT molecular complexity index is 387. The summed E-state index contributed by atoms with van der Waals surface area (Å²) in [6, 6.07) is 10.3. The average molecular weight is 246 g/mol. The van der Waals surface area contributed by atoms with Gasteiger partial charge in [0.1, 0.15) is 0 Å². The van der Waals surface area contributed by atoms with E-state index in [1.54, 1.807) is 0 Å². The van der Waals surface area contributed by atoms with E-state index in [1.165, 1.54) is 5.56 Å². The second kappa shape index (κ2) is 6.01. The largest absolute Gasteiger partial charge is 0.345 e. The van der Waals surface area contributed by atoms with Gasteiger partial charge in [0.15, 0.2) is 0 Å². The third-order valence-electron chi connectivity index (χ3n) is 3.86. The van der Waals surface area contributed by atoms with Crippen LogP contribution in [0.15, 0.2) is 30.3 Å². The first-order valence-electron chi connectivity index (χ1n) is 6.68. The van der Waals surface area contributed by atoms with Crippen LogP contribution in [0, 0.1) is 11.8 Å². The molecule has 1 fully saturated rings. The number of nitrogens with one attached hydrogen (secondary N) is 1. The number of benzene rings is 1. The fourth-order valence-electron chi connectivity index (χ4n) is 2.27. The zero-order valence-electron chi connectivity index (χ0n) is 11.2. The number of nitrogens with zero attached hydrogens (tertiary/aromatic N) is 1. The molecule has 0 aromatic heterocycles. The minimum atomic E-state index is 0.145. The highest BCUT2D eigenvalue weighted by Gasteiger charge is 2.30. The first-order chi connectivity index (χ1) is 8.68. The standard InChI is InChI=1S/C15H22N2O/c1-12(14-10-16-11-14)15(18)17(2)9-8-13-6-4-3-5-7-13/h3-7,12,14,16H,8-11H2,1-2H3. The van der Waals surface area contributed by atoms with Crippen LogP contribution in [0.3, 0.4) is 0 Å². The van der Waals surface area contributed by atoms with Crippen LogP contribution >= 0.6 is 0 Å². The molecule has 1 heterocycles. The third-order valence-corrected chi connectivity index (χ3v) is 3.86. The summed E-state index contributed by atoms with van der Waals surface area (Å²) >= 11 is 0. The first kappa shape index (κ1) is 13.1. The van der Waals surface area contributed by atoms with Gasteiger partial charge in [0.2, 0.25) is 5.91 Å². The topological polar surface area (TPSA) is 32.3 Å². The highest BCUT2D eigenvalue weighted by molar-refractivity contribution is 5.78. The molecule has 0 spiro atoms. The van der Waals surface area contributed by atoms with Gasteiger partial charge in [0.25, 0.3) is 0 Å². The van der Waals surface area contributed by atoms with Crippen LogP contribution in [0.25, 0.3) is 0 Å². The molecular formula is C15H22N2O. The third kappa shape index (κ3) is 3.10. The molecule has 1 unspecified atom stereocenters. The lowest BCUT2D eigenvalue weighted by Gasteiger charge is -2.34. The van der Waals surface area contributed by atoms with E-state index in [2.05, 4.69) is 17.4 Å². The van der Waals surface area contributed by atoms with Gasteiger partial charge in [-0.2, -0.15) is 0 Å². The summed E-state index contributed by atoms with van der Waals surface area (Å²) in [5.74, 6) is 0.945. The highest BCUT2D eigenvalue weighted by Crippen LogP contribution is 2.18. The van der Waals surface area contributed by atoms with E-state index in [0.717, 1.165) is 26.1 Å². The average Bonchev–Trinajstić information content (AvgIpc) is 2.34. The van der Waals surface area contributed by atoms with E-state index >= 15 is 0 Å². The molecule has 0 bridgehead atoms. The monoisotopic (exact) mass is 246 g/mol. The number of hydrogen-bond donors (Lipinski definition) is 1. The van der Waals surface area contributed by atoms with Crippen LogP contribution in [0.1, 0.15) is 12.5 Å². The molecule has 0 saturated carbocycles. The van der Waals surface area contributed by atoms with Crippen molar-refractivity contribution in [3.8, 4) is 0 Å². The molecule has 1 amide bonds. The second-order valence-electron chi connectivity index (χ2n) is 5.20. The van der Waals surface area contributed by atoms with E-state index in [-0.39, 0.29) is 11.8 Å². The number of amides is 1. The number of hydrogen-bond acceptors (Lipinski definition) is 2. The summed E-state index contributed by atoms with van der Waals surface area (Å²) in [6.07, 6.45) is 0.929. The van der Waals surface area contributed by atoms with Gasteiger partial charge in [-0.05, 0) is 31.0 Å². The highest BCUT2D eigenvalue weighted by atomic mass is 16.2. The van der Waals surface area contributed by atoms with Crippen LogP contribution in [-0.4, -0.2) is 37.5 Å². The van der Waals surface area contributed by atoms with Crippen LogP contribution in [0.2, 0.25) is 0 Å². The van der Waals surface area contributed by atoms with Crippen molar-refractivity contribution in [2.24, 2.45) is 11.8 Å².